The summed E-state index contributed by atoms with van der Waals surface area (Å²) in [5, 5.41) is 2.82. The Morgan fingerprint density at radius 2 is 1.71 bits per heavy atom. The summed E-state index contributed by atoms with van der Waals surface area (Å²) in [5.74, 6) is -0.313. The molecule has 2 heterocycles. The van der Waals surface area contributed by atoms with Crippen molar-refractivity contribution >= 4 is 17.7 Å². The fourth-order valence-electron chi connectivity index (χ4n) is 4.25. The third-order valence-electron chi connectivity index (χ3n) is 6.03. The number of urea groups is 1. The van der Waals surface area contributed by atoms with Gasteiger partial charge in [-0.05, 0) is 53.8 Å². The number of nitrogens with one attached hydrogen (secondary N) is 1. The van der Waals surface area contributed by atoms with Gasteiger partial charge >= 0.3 is 12.0 Å². The van der Waals surface area contributed by atoms with Crippen molar-refractivity contribution in [2.24, 2.45) is 10.9 Å². The van der Waals surface area contributed by atoms with Crippen molar-refractivity contribution in [3.05, 3.63) is 95.3 Å². The number of nitrogens with zero attached hydrogens (tertiary/aromatic N) is 1. The van der Waals surface area contributed by atoms with E-state index in [0.29, 0.717) is 35.6 Å². The van der Waals surface area contributed by atoms with E-state index in [2.05, 4.69) is 10.3 Å². The molecule has 35 heavy (non-hydrogen) atoms. The minimum Gasteiger partial charge on any atom is -0.460 e. The SMILES string of the molecule is O=C1N=C(CCc2ccc3c(c2)OCO3)C(C(=O)OCc2ccc(F)cc2)C(c2ccccc2)N1. The number of carbonyl (C=O) groups excluding carboxylic acids is 2. The summed E-state index contributed by atoms with van der Waals surface area (Å²) in [4.78, 5) is 30.0. The van der Waals surface area contributed by atoms with Crippen molar-refractivity contribution in [2.75, 3.05) is 6.79 Å². The largest absolute Gasteiger partial charge is 0.460 e. The summed E-state index contributed by atoms with van der Waals surface area (Å²) in [5.41, 5.74) is 2.86. The fourth-order valence-corrected chi connectivity index (χ4v) is 4.25. The van der Waals surface area contributed by atoms with Gasteiger partial charge in [0, 0.05) is 5.71 Å². The molecule has 0 saturated carbocycles. The second kappa shape index (κ2) is 9.97. The number of rotatable bonds is 7. The standard InChI is InChI=1S/C27H23FN2O5/c28-20-10-6-18(7-11-20)15-33-26(31)24-21(12-8-17-9-13-22-23(14-17)35-16-34-22)29-27(32)30-25(24)19-4-2-1-3-5-19/h1-7,9-11,13-14,24-25H,8,12,15-16H2,(H,30,32). The minimum absolute atomic E-state index is 0.0134. The van der Waals surface area contributed by atoms with Crippen molar-refractivity contribution in [3.8, 4) is 11.5 Å². The van der Waals surface area contributed by atoms with E-state index in [-0.39, 0.29) is 19.2 Å². The summed E-state index contributed by atoms with van der Waals surface area (Å²) in [6, 6.07) is 19.6. The normalized spacial score (nSPS) is 18.5. The van der Waals surface area contributed by atoms with Crippen LogP contribution in [0.1, 0.15) is 29.2 Å². The number of aliphatic imine (C=N–C) groups is 1. The smallest absolute Gasteiger partial charge is 0.341 e. The van der Waals surface area contributed by atoms with Crippen LogP contribution >= 0.6 is 0 Å². The highest BCUT2D eigenvalue weighted by atomic mass is 19.1. The van der Waals surface area contributed by atoms with E-state index in [4.69, 9.17) is 14.2 Å². The van der Waals surface area contributed by atoms with Crippen molar-refractivity contribution in [1.82, 2.24) is 5.32 Å². The number of hydrogen-bond acceptors (Lipinski definition) is 5. The fraction of sp³-hybridized carbons (Fsp3) is 0.222. The molecule has 2 unspecified atom stereocenters. The molecule has 0 radical (unpaired) electrons. The summed E-state index contributed by atoms with van der Waals surface area (Å²) in [6.45, 7) is 0.174. The Bertz CT molecular complexity index is 1260. The third kappa shape index (κ3) is 5.16. The second-order valence-corrected chi connectivity index (χ2v) is 8.34. The van der Waals surface area contributed by atoms with Gasteiger partial charge in [0.05, 0.1) is 6.04 Å². The highest BCUT2D eigenvalue weighted by Gasteiger charge is 2.39. The lowest BCUT2D eigenvalue weighted by Crippen LogP contribution is -2.45. The molecule has 5 rings (SSSR count). The predicted octanol–water partition coefficient (Wildman–Crippen LogP) is 4.75. The molecule has 0 aromatic heterocycles. The average Bonchev–Trinajstić information content (AvgIpc) is 3.35. The Kier molecular flexibility index (Phi) is 6.43. The monoisotopic (exact) mass is 474 g/mol. The van der Waals surface area contributed by atoms with Crippen LogP contribution in [-0.2, 0) is 22.6 Å². The van der Waals surface area contributed by atoms with E-state index in [9.17, 15) is 14.0 Å². The molecule has 0 bridgehead atoms. The molecule has 0 saturated heterocycles. The Labute approximate surface area is 201 Å². The molecular weight excluding hydrogens is 451 g/mol. The number of halogens is 1. The van der Waals surface area contributed by atoms with Crippen molar-refractivity contribution in [1.29, 1.82) is 0 Å². The number of benzene rings is 3. The summed E-state index contributed by atoms with van der Waals surface area (Å²) >= 11 is 0. The summed E-state index contributed by atoms with van der Waals surface area (Å²) in [6.07, 6.45) is 0.929. The quantitative estimate of drug-likeness (QED) is 0.500. The number of ether oxygens (including phenoxy) is 3. The number of hydrogen-bond donors (Lipinski definition) is 1. The van der Waals surface area contributed by atoms with E-state index in [1.807, 2.05) is 48.5 Å². The Balaban J connectivity index is 1.38. The Morgan fingerprint density at radius 1 is 0.971 bits per heavy atom. The molecule has 2 amide bonds. The lowest BCUT2D eigenvalue weighted by molar-refractivity contribution is -0.148. The maximum absolute atomic E-state index is 13.3. The van der Waals surface area contributed by atoms with Crippen LogP contribution in [-0.4, -0.2) is 24.5 Å². The third-order valence-corrected chi connectivity index (χ3v) is 6.03. The van der Waals surface area contributed by atoms with Crippen molar-refractivity contribution in [2.45, 2.75) is 25.5 Å². The van der Waals surface area contributed by atoms with Crippen LogP contribution in [0.25, 0.3) is 0 Å². The van der Waals surface area contributed by atoms with E-state index in [1.165, 1.54) is 12.1 Å². The van der Waals surface area contributed by atoms with E-state index in [1.54, 1.807) is 12.1 Å². The van der Waals surface area contributed by atoms with Gasteiger partial charge in [0.15, 0.2) is 11.5 Å². The number of fused-ring (bicyclic) bond motifs is 1. The van der Waals surface area contributed by atoms with Gasteiger partial charge in [-0.2, -0.15) is 0 Å². The molecule has 1 N–H and O–H groups in total. The average molecular weight is 474 g/mol. The molecule has 2 aliphatic rings. The minimum atomic E-state index is -0.801. The Hall–Kier alpha value is -4.20. The summed E-state index contributed by atoms with van der Waals surface area (Å²) in [7, 11) is 0. The molecule has 178 valence electrons. The highest BCUT2D eigenvalue weighted by Crippen LogP contribution is 2.34. The molecular formula is C27H23FN2O5. The zero-order chi connectivity index (χ0) is 24.2. The molecule has 0 aliphatic carbocycles. The van der Waals surface area contributed by atoms with Gasteiger partial charge < -0.3 is 19.5 Å². The van der Waals surface area contributed by atoms with Gasteiger partial charge in [0.1, 0.15) is 18.3 Å². The van der Waals surface area contributed by atoms with E-state index < -0.39 is 24.0 Å². The van der Waals surface area contributed by atoms with Crippen LogP contribution < -0.4 is 14.8 Å². The van der Waals surface area contributed by atoms with Crippen molar-refractivity contribution < 1.29 is 28.2 Å². The number of esters is 1. The van der Waals surface area contributed by atoms with Gasteiger partial charge in [0.2, 0.25) is 6.79 Å². The number of carbonyl (C=O) groups is 2. The van der Waals surface area contributed by atoms with E-state index in [0.717, 1.165) is 11.1 Å². The van der Waals surface area contributed by atoms with Crippen LogP contribution in [0.4, 0.5) is 9.18 Å². The van der Waals surface area contributed by atoms with Gasteiger partial charge in [0.25, 0.3) is 0 Å². The maximum Gasteiger partial charge on any atom is 0.341 e. The van der Waals surface area contributed by atoms with Gasteiger partial charge in [-0.25, -0.2) is 14.2 Å². The number of aryl methyl sites for hydroxylation is 1. The molecule has 0 spiro atoms. The zero-order valence-electron chi connectivity index (χ0n) is 18.8. The highest BCUT2D eigenvalue weighted by molar-refractivity contribution is 6.09. The van der Waals surface area contributed by atoms with Crippen LogP contribution in [0.2, 0.25) is 0 Å². The van der Waals surface area contributed by atoms with Crippen LogP contribution in [0.5, 0.6) is 11.5 Å². The first-order valence-corrected chi connectivity index (χ1v) is 11.3. The van der Waals surface area contributed by atoms with E-state index >= 15 is 0 Å². The molecule has 8 heteroatoms. The topological polar surface area (TPSA) is 86.2 Å². The van der Waals surface area contributed by atoms with Gasteiger partial charge in [-0.1, -0.05) is 48.5 Å². The van der Waals surface area contributed by atoms with Gasteiger partial charge in [-0.15, -0.1) is 0 Å². The first-order chi connectivity index (χ1) is 17.1. The lowest BCUT2D eigenvalue weighted by Gasteiger charge is -2.31. The molecule has 3 aromatic carbocycles. The lowest BCUT2D eigenvalue weighted by atomic mass is 9.85. The predicted molar refractivity (Wildman–Crippen MR) is 126 cm³/mol. The molecule has 7 nitrogen and oxygen atoms in total. The van der Waals surface area contributed by atoms with Crippen LogP contribution in [0.3, 0.4) is 0 Å². The van der Waals surface area contributed by atoms with Gasteiger partial charge in [-0.3, -0.25) is 4.79 Å². The summed E-state index contributed by atoms with van der Waals surface area (Å²) < 4.78 is 29.6. The van der Waals surface area contributed by atoms with Crippen molar-refractivity contribution in [3.63, 3.8) is 0 Å². The molecule has 0 fully saturated rings. The Morgan fingerprint density at radius 3 is 2.51 bits per heavy atom. The molecule has 2 aliphatic heterocycles. The first-order valence-electron chi connectivity index (χ1n) is 11.3. The maximum atomic E-state index is 13.3. The number of amides is 2. The second-order valence-electron chi connectivity index (χ2n) is 8.34. The van der Waals surface area contributed by atoms with Crippen LogP contribution in [0, 0.1) is 11.7 Å². The molecule has 2 atom stereocenters. The first kappa shape index (κ1) is 22.6. The zero-order valence-corrected chi connectivity index (χ0v) is 18.8. The molecule has 3 aromatic rings. The van der Waals surface area contributed by atoms with Crippen LogP contribution in [0.15, 0.2) is 77.8 Å².